The molecule has 1 fully saturated rings. The topological polar surface area (TPSA) is 57.6 Å². The third-order valence-electron chi connectivity index (χ3n) is 5.46. The molecule has 1 amide bonds. The van der Waals surface area contributed by atoms with Crippen molar-refractivity contribution in [1.82, 2.24) is 4.90 Å². The van der Waals surface area contributed by atoms with E-state index in [1.165, 1.54) is 11.0 Å². The molecule has 1 saturated heterocycles. The van der Waals surface area contributed by atoms with Gasteiger partial charge in [0.15, 0.2) is 0 Å². The highest BCUT2D eigenvalue weighted by Crippen LogP contribution is 2.31. The standard InChI is InChI=1S/C22H22F3NO3/c1-14-9-18(22(23,24)25)8-7-16(14)11-20(27)26-12-17(19(13-26)21(28)29)10-15-5-3-2-4-6-15/h2-9,17,19H,10-13H2,1H3,(H,28,29)/t17-,19-/m1/s1. The number of benzene rings is 2. The Labute approximate surface area is 167 Å². The van der Waals surface area contributed by atoms with Crippen LogP contribution in [0.15, 0.2) is 48.5 Å². The average molecular weight is 405 g/mol. The lowest BCUT2D eigenvalue weighted by atomic mass is 9.90. The summed E-state index contributed by atoms with van der Waals surface area (Å²) in [5.41, 5.74) is 1.17. The summed E-state index contributed by atoms with van der Waals surface area (Å²) >= 11 is 0. The number of rotatable bonds is 5. The van der Waals surface area contributed by atoms with Gasteiger partial charge in [-0.1, -0.05) is 36.4 Å². The van der Waals surface area contributed by atoms with Crippen LogP contribution in [0, 0.1) is 18.8 Å². The lowest BCUT2D eigenvalue weighted by molar-refractivity contribution is -0.142. The fraction of sp³-hybridized carbons (Fsp3) is 0.364. The maximum absolute atomic E-state index is 12.8. The lowest BCUT2D eigenvalue weighted by Gasteiger charge is -2.18. The molecule has 0 saturated carbocycles. The molecule has 0 aliphatic carbocycles. The van der Waals surface area contributed by atoms with Crippen LogP contribution in [0.3, 0.4) is 0 Å². The third-order valence-corrected chi connectivity index (χ3v) is 5.46. The Hall–Kier alpha value is -2.83. The lowest BCUT2D eigenvalue weighted by Crippen LogP contribution is -2.31. The van der Waals surface area contributed by atoms with Crippen molar-refractivity contribution in [2.45, 2.75) is 25.9 Å². The van der Waals surface area contributed by atoms with Crippen LogP contribution in [0.25, 0.3) is 0 Å². The molecule has 0 spiro atoms. The molecular formula is C22H22F3NO3. The SMILES string of the molecule is Cc1cc(C(F)(F)F)ccc1CC(=O)N1C[C@@H](Cc2ccccc2)[C@H](C(=O)O)C1. The number of aryl methyl sites for hydroxylation is 1. The number of carbonyl (C=O) groups is 2. The first-order valence-electron chi connectivity index (χ1n) is 9.36. The second-order valence-corrected chi connectivity index (χ2v) is 7.51. The second kappa shape index (κ2) is 8.27. The first-order valence-corrected chi connectivity index (χ1v) is 9.36. The zero-order valence-corrected chi connectivity index (χ0v) is 15.9. The van der Waals surface area contributed by atoms with E-state index >= 15 is 0 Å². The summed E-state index contributed by atoms with van der Waals surface area (Å²) in [6.07, 6.45) is -3.92. The van der Waals surface area contributed by atoms with Crippen molar-refractivity contribution in [2.75, 3.05) is 13.1 Å². The van der Waals surface area contributed by atoms with Crippen molar-refractivity contribution in [3.63, 3.8) is 0 Å². The highest BCUT2D eigenvalue weighted by atomic mass is 19.4. The number of nitrogens with zero attached hydrogens (tertiary/aromatic N) is 1. The fourth-order valence-electron chi connectivity index (χ4n) is 3.82. The normalized spacial score (nSPS) is 19.4. The maximum Gasteiger partial charge on any atom is 0.416 e. The molecular weight excluding hydrogens is 383 g/mol. The van der Waals surface area contributed by atoms with Gasteiger partial charge in [0.05, 0.1) is 17.9 Å². The Kier molecular flexibility index (Phi) is 5.96. The van der Waals surface area contributed by atoms with Gasteiger partial charge in [-0.3, -0.25) is 9.59 Å². The Morgan fingerprint density at radius 2 is 1.79 bits per heavy atom. The molecule has 1 aliphatic heterocycles. The van der Waals surface area contributed by atoms with Gasteiger partial charge in [-0.25, -0.2) is 0 Å². The molecule has 0 aromatic heterocycles. The number of hydrogen-bond donors (Lipinski definition) is 1. The fourth-order valence-corrected chi connectivity index (χ4v) is 3.82. The monoisotopic (exact) mass is 405 g/mol. The molecule has 0 radical (unpaired) electrons. The van der Waals surface area contributed by atoms with E-state index in [0.29, 0.717) is 24.1 Å². The van der Waals surface area contributed by atoms with Gasteiger partial charge in [0, 0.05) is 13.1 Å². The van der Waals surface area contributed by atoms with Crippen molar-refractivity contribution in [2.24, 2.45) is 11.8 Å². The van der Waals surface area contributed by atoms with E-state index in [1.807, 2.05) is 30.3 Å². The molecule has 3 rings (SSSR count). The zero-order valence-electron chi connectivity index (χ0n) is 15.9. The van der Waals surface area contributed by atoms with Crippen molar-refractivity contribution < 1.29 is 27.9 Å². The van der Waals surface area contributed by atoms with Crippen LogP contribution in [0.2, 0.25) is 0 Å². The number of likely N-dealkylation sites (tertiary alicyclic amines) is 1. The zero-order chi connectivity index (χ0) is 21.2. The Morgan fingerprint density at radius 1 is 1.10 bits per heavy atom. The van der Waals surface area contributed by atoms with Gasteiger partial charge in [0.1, 0.15) is 0 Å². The predicted molar refractivity (Wildman–Crippen MR) is 101 cm³/mol. The molecule has 1 N–H and O–H groups in total. The van der Waals surface area contributed by atoms with E-state index in [-0.39, 0.29) is 24.8 Å². The van der Waals surface area contributed by atoms with Gasteiger partial charge in [0.25, 0.3) is 0 Å². The van der Waals surface area contributed by atoms with Gasteiger partial charge in [-0.05, 0) is 48.1 Å². The average Bonchev–Trinajstić information content (AvgIpc) is 3.07. The summed E-state index contributed by atoms with van der Waals surface area (Å²) in [5.74, 6) is -2.07. The predicted octanol–water partition coefficient (Wildman–Crippen LogP) is 3.96. The van der Waals surface area contributed by atoms with Gasteiger partial charge in [0.2, 0.25) is 5.91 Å². The minimum absolute atomic E-state index is 0.0473. The minimum atomic E-state index is -4.43. The van der Waals surface area contributed by atoms with Crippen molar-refractivity contribution in [3.8, 4) is 0 Å². The Morgan fingerprint density at radius 3 is 2.38 bits per heavy atom. The molecule has 2 aromatic carbocycles. The first kappa shape index (κ1) is 20.9. The van der Waals surface area contributed by atoms with Crippen LogP contribution in [-0.4, -0.2) is 35.0 Å². The molecule has 1 heterocycles. The van der Waals surface area contributed by atoms with Crippen LogP contribution < -0.4 is 0 Å². The van der Waals surface area contributed by atoms with Crippen LogP contribution in [0.5, 0.6) is 0 Å². The smallest absolute Gasteiger partial charge is 0.416 e. The largest absolute Gasteiger partial charge is 0.481 e. The minimum Gasteiger partial charge on any atom is -0.481 e. The van der Waals surface area contributed by atoms with Crippen molar-refractivity contribution in [3.05, 3.63) is 70.8 Å². The van der Waals surface area contributed by atoms with Crippen LogP contribution in [0.1, 0.15) is 22.3 Å². The number of carbonyl (C=O) groups excluding carboxylic acids is 1. The van der Waals surface area contributed by atoms with Gasteiger partial charge >= 0.3 is 12.1 Å². The summed E-state index contributed by atoms with van der Waals surface area (Å²) < 4.78 is 38.5. The second-order valence-electron chi connectivity index (χ2n) is 7.51. The third kappa shape index (κ3) is 4.96. The molecule has 0 bridgehead atoms. The van der Waals surface area contributed by atoms with E-state index in [4.69, 9.17) is 0 Å². The quantitative estimate of drug-likeness (QED) is 0.819. The number of amides is 1. The molecule has 4 nitrogen and oxygen atoms in total. The summed E-state index contributed by atoms with van der Waals surface area (Å²) in [6.45, 7) is 1.98. The molecule has 0 unspecified atom stereocenters. The maximum atomic E-state index is 12.8. The Bertz CT molecular complexity index is 896. The number of alkyl halides is 3. The highest BCUT2D eigenvalue weighted by Gasteiger charge is 2.39. The molecule has 2 aromatic rings. The van der Waals surface area contributed by atoms with E-state index in [1.54, 1.807) is 6.92 Å². The molecule has 154 valence electrons. The van der Waals surface area contributed by atoms with Crippen molar-refractivity contribution in [1.29, 1.82) is 0 Å². The summed E-state index contributed by atoms with van der Waals surface area (Å²) in [7, 11) is 0. The van der Waals surface area contributed by atoms with Crippen LogP contribution >= 0.6 is 0 Å². The number of carboxylic acids is 1. The van der Waals surface area contributed by atoms with E-state index in [2.05, 4.69) is 0 Å². The molecule has 29 heavy (non-hydrogen) atoms. The molecule has 7 heteroatoms. The van der Waals surface area contributed by atoms with Crippen LogP contribution in [-0.2, 0) is 28.6 Å². The van der Waals surface area contributed by atoms with E-state index in [9.17, 15) is 27.9 Å². The number of hydrogen-bond acceptors (Lipinski definition) is 2. The number of carboxylic acid groups (broad SMARTS) is 1. The highest BCUT2D eigenvalue weighted by molar-refractivity contribution is 5.81. The Balaban J connectivity index is 1.70. The summed E-state index contributed by atoms with van der Waals surface area (Å²) in [5, 5.41) is 9.56. The number of aliphatic carboxylic acids is 1. The van der Waals surface area contributed by atoms with Crippen LogP contribution in [0.4, 0.5) is 13.2 Å². The first-order chi connectivity index (χ1) is 13.6. The van der Waals surface area contributed by atoms with Gasteiger partial charge in [-0.2, -0.15) is 13.2 Å². The number of halogens is 3. The van der Waals surface area contributed by atoms with E-state index < -0.39 is 23.6 Å². The summed E-state index contributed by atoms with van der Waals surface area (Å²) in [6, 6.07) is 12.8. The molecule has 1 aliphatic rings. The van der Waals surface area contributed by atoms with Gasteiger partial charge < -0.3 is 10.0 Å². The summed E-state index contributed by atoms with van der Waals surface area (Å²) in [4.78, 5) is 25.9. The van der Waals surface area contributed by atoms with E-state index in [0.717, 1.165) is 17.7 Å². The molecule has 2 atom stereocenters. The van der Waals surface area contributed by atoms with Crippen molar-refractivity contribution >= 4 is 11.9 Å². The van der Waals surface area contributed by atoms with Gasteiger partial charge in [-0.15, -0.1) is 0 Å².